The molecule has 0 atom stereocenters. The summed E-state index contributed by atoms with van der Waals surface area (Å²) in [4.78, 5) is 4.22. The van der Waals surface area contributed by atoms with Gasteiger partial charge in [0.05, 0.1) is 5.52 Å². The summed E-state index contributed by atoms with van der Waals surface area (Å²) in [6, 6.07) is 9.58. The van der Waals surface area contributed by atoms with E-state index in [0.717, 1.165) is 16.5 Å². The predicted octanol–water partition coefficient (Wildman–Crippen LogP) is 3.15. The number of pyridine rings is 1. The maximum absolute atomic E-state index is 9.66. The van der Waals surface area contributed by atoms with Crippen molar-refractivity contribution < 1.29 is 5.11 Å². The van der Waals surface area contributed by atoms with Gasteiger partial charge in [0.25, 0.3) is 0 Å². The van der Waals surface area contributed by atoms with Crippen molar-refractivity contribution >= 4 is 16.7 Å². The number of aromatic nitrogens is 1. The smallest absolute Gasteiger partial charge is 0.119 e. The molecule has 0 radical (unpaired) electrons. The van der Waals surface area contributed by atoms with Crippen LogP contribution >= 0.6 is 0 Å². The molecule has 0 saturated carbocycles. The molecule has 1 heterocycles. The van der Waals surface area contributed by atoms with Crippen molar-refractivity contribution in [2.24, 2.45) is 0 Å². The minimum Gasteiger partial charge on any atom is -0.508 e. The number of allylic oxidation sites excluding steroid dienone is 1. The molecule has 1 N–H and O–H groups in total. The van der Waals surface area contributed by atoms with E-state index in [0.29, 0.717) is 5.76 Å². The molecule has 2 aromatic rings. The standard InChI is InChI=1S/C12H11NO/c1-2-12(14)10-7-8-13-11-6-4-3-5-9(10)11/h2-8,14H,1H3. The van der Waals surface area contributed by atoms with E-state index in [4.69, 9.17) is 0 Å². The molecule has 0 aliphatic rings. The van der Waals surface area contributed by atoms with Crippen LogP contribution in [-0.4, -0.2) is 10.1 Å². The molecule has 0 saturated heterocycles. The second-order valence-corrected chi connectivity index (χ2v) is 3.05. The highest BCUT2D eigenvalue weighted by Crippen LogP contribution is 2.21. The largest absolute Gasteiger partial charge is 0.508 e. The van der Waals surface area contributed by atoms with E-state index in [1.54, 1.807) is 12.3 Å². The average molecular weight is 185 g/mol. The predicted molar refractivity (Wildman–Crippen MR) is 58.0 cm³/mol. The Morgan fingerprint density at radius 1 is 1.29 bits per heavy atom. The second-order valence-electron chi connectivity index (χ2n) is 3.05. The first-order chi connectivity index (χ1) is 6.83. The molecule has 0 amide bonds. The van der Waals surface area contributed by atoms with Gasteiger partial charge in [0.15, 0.2) is 0 Å². The normalized spacial score (nSPS) is 11.9. The third-order valence-corrected chi connectivity index (χ3v) is 2.20. The van der Waals surface area contributed by atoms with Crippen molar-refractivity contribution in [3.05, 3.63) is 48.2 Å². The van der Waals surface area contributed by atoms with E-state index in [1.165, 1.54) is 0 Å². The van der Waals surface area contributed by atoms with Gasteiger partial charge in [0, 0.05) is 17.1 Å². The molecular weight excluding hydrogens is 174 g/mol. The van der Waals surface area contributed by atoms with E-state index < -0.39 is 0 Å². The Labute approximate surface area is 82.5 Å². The van der Waals surface area contributed by atoms with Crippen LogP contribution in [0.5, 0.6) is 0 Å². The highest BCUT2D eigenvalue weighted by molar-refractivity contribution is 5.89. The quantitative estimate of drug-likeness (QED) is 0.692. The number of aliphatic hydroxyl groups excluding tert-OH is 1. The van der Waals surface area contributed by atoms with Gasteiger partial charge in [0.1, 0.15) is 5.76 Å². The lowest BCUT2D eigenvalue weighted by Crippen LogP contribution is -1.87. The average Bonchev–Trinajstić information content (AvgIpc) is 2.27. The van der Waals surface area contributed by atoms with Crippen molar-refractivity contribution in [2.45, 2.75) is 6.92 Å². The summed E-state index contributed by atoms with van der Waals surface area (Å²) >= 11 is 0. The molecule has 0 aliphatic heterocycles. The van der Waals surface area contributed by atoms with Gasteiger partial charge >= 0.3 is 0 Å². The number of rotatable bonds is 1. The number of para-hydroxylation sites is 1. The maximum Gasteiger partial charge on any atom is 0.119 e. The van der Waals surface area contributed by atoms with E-state index in [-0.39, 0.29) is 0 Å². The molecule has 0 bridgehead atoms. The van der Waals surface area contributed by atoms with E-state index in [9.17, 15) is 5.11 Å². The Hall–Kier alpha value is -1.83. The first-order valence-electron chi connectivity index (χ1n) is 4.52. The van der Waals surface area contributed by atoms with Gasteiger partial charge in [-0.25, -0.2) is 0 Å². The first kappa shape index (κ1) is 8.75. The van der Waals surface area contributed by atoms with Crippen molar-refractivity contribution in [2.75, 3.05) is 0 Å². The van der Waals surface area contributed by atoms with E-state index >= 15 is 0 Å². The third kappa shape index (κ3) is 1.35. The van der Waals surface area contributed by atoms with Crippen LogP contribution in [0.3, 0.4) is 0 Å². The molecule has 0 fully saturated rings. The van der Waals surface area contributed by atoms with Crippen LogP contribution in [0.1, 0.15) is 12.5 Å². The summed E-state index contributed by atoms with van der Waals surface area (Å²) in [6.07, 6.45) is 3.39. The molecule has 1 aromatic heterocycles. The van der Waals surface area contributed by atoms with Gasteiger partial charge in [-0.15, -0.1) is 0 Å². The highest BCUT2D eigenvalue weighted by Gasteiger charge is 2.03. The molecule has 0 aliphatic carbocycles. The SMILES string of the molecule is CC=C(O)c1ccnc2ccccc12. The van der Waals surface area contributed by atoms with Gasteiger partial charge in [-0.1, -0.05) is 18.2 Å². The van der Waals surface area contributed by atoms with Crippen molar-refractivity contribution in [3.63, 3.8) is 0 Å². The van der Waals surface area contributed by atoms with Gasteiger partial charge < -0.3 is 5.11 Å². The zero-order valence-electron chi connectivity index (χ0n) is 7.94. The minimum atomic E-state index is 0.295. The Morgan fingerprint density at radius 2 is 2.07 bits per heavy atom. The molecule has 2 rings (SSSR count). The van der Waals surface area contributed by atoms with Crippen molar-refractivity contribution in [3.8, 4) is 0 Å². The van der Waals surface area contributed by atoms with Crippen LogP contribution < -0.4 is 0 Å². The topological polar surface area (TPSA) is 33.1 Å². The van der Waals surface area contributed by atoms with Crippen LogP contribution in [0.2, 0.25) is 0 Å². The number of benzene rings is 1. The Balaban J connectivity index is 2.77. The van der Waals surface area contributed by atoms with Gasteiger partial charge in [-0.05, 0) is 25.1 Å². The molecule has 2 nitrogen and oxygen atoms in total. The lowest BCUT2D eigenvalue weighted by molar-refractivity contribution is 0.511. The number of hydrogen-bond acceptors (Lipinski definition) is 2. The number of aliphatic hydroxyl groups is 1. The lowest BCUT2D eigenvalue weighted by atomic mass is 10.1. The summed E-state index contributed by atoms with van der Waals surface area (Å²) in [7, 11) is 0. The Bertz CT molecular complexity index is 483. The zero-order valence-corrected chi connectivity index (χ0v) is 7.94. The van der Waals surface area contributed by atoms with Gasteiger partial charge in [-0.3, -0.25) is 4.98 Å². The van der Waals surface area contributed by atoms with Gasteiger partial charge in [0.2, 0.25) is 0 Å². The summed E-state index contributed by atoms with van der Waals surface area (Å²) in [5.74, 6) is 0.295. The van der Waals surface area contributed by atoms with E-state index in [2.05, 4.69) is 4.98 Å². The molecule has 1 aromatic carbocycles. The fourth-order valence-electron chi connectivity index (χ4n) is 1.47. The van der Waals surface area contributed by atoms with Crippen LogP contribution in [0, 0.1) is 0 Å². The number of nitrogens with zero attached hydrogens (tertiary/aromatic N) is 1. The third-order valence-electron chi connectivity index (χ3n) is 2.20. The van der Waals surface area contributed by atoms with Crippen LogP contribution in [-0.2, 0) is 0 Å². The van der Waals surface area contributed by atoms with Crippen LogP contribution in [0.4, 0.5) is 0 Å². The van der Waals surface area contributed by atoms with Crippen molar-refractivity contribution in [1.82, 2.24) is 4.98 Å². The zero-order chi connectivity index (χ0) is 9.97. The lowest BCUT2D eigenvalue weighted by Gasteiger charge is -2.03. The summed E-state index contributed by atoms with van der Waals surface area (Å²) in [5, 5.41) is 10.6. The van der Waals surface area contributed by atoms with Crippen LogP contribution in [0.15, 0.2) is 42.6 Å². The molecule has 70 valence electrons. The maximum atomic E-state index is 9.66. The first-order valence-corrected chi connectivity index (χ1v) is 4.52. The minimum absolute atomic E-state index is 0.295. The van der Waals surface area contributed by atoms with Crippen LogP contribution in [0.25, 0.3) is 16.7 Å². The fourth-order valence-corrected chi connectivity index (χ4v) is 1.47. The summed E-state index contributed by atoms with van der Waals surface area (Å²) < 4.78 is 0. The molecule has 0 unspecified atom stereocenters. The molecular formula is C12H11NO. The monoisotopic (exact) mass is 185 g/mol. The van der Waals surface area contributed by atoms with E-state index in [1.807, 2.05) is 37.3 Å². The second kappa shape index (κ2) is 3.50. The van der Waals surface area contributed by atoms with Gasteiger partial charge in [-0.2, -0.15) is 0 Å². The summed E-state index contributed by atoms with van der Waals surface area (Å²) in [5.41, 5.74) is 1.73. The summed E-state index contributed by atoms with van der Waals surface area (Å²) in [6.45, 7) is 1.81. The molecule has 0 spiro atoms. The Kier molecular flexibility index (Phi) is 2.19. The number of fused-ring (bicyclic) bond motifs is 1. The fraction of sp³-hybridized carbons (Fsp3) is 0.0833. The van der Waals surface area contributed by atoms with Crippen molar-refractivity contribution in [1.29, 1.82) is 0 Å². The Morgan fingerprint density at radius 3 is 2.86 bits per heavy atom. The molecule has 2 heteroatoms. The molecule has 14 heavy (non-hydrogen) atoms. The number of hydrogen-bond donors (Lipinski definition) is 1. The highest BCUT2D eigenvalue weighted by atomic mass is 16.3.